The van der Waals surface area contributed by atoms with Gasteiger partial charge in [-0.25, -0.2) is 4.39 Å². The van der Waals surface area contributed by atoms with E-state index in [9.17, 15) is 4.39 Å². The lowest BCUT2D eigenvalue weighted by molar-refractivity contribution is 0.106. The van der Waals surface area contributed by atoms with Gasteiger partial charge in [0.15, 0.2) is 5.96 Å². The van der Waals surface area contributed by atoms with E-state index in [1.807, 2.05) is 11.6 Å². The van der Waals surface area contributed by atoms with Crippen molar-refractivity contribution in [3.8, 4) is 0 Å². The molecule has 1 aromatic heterocycles. The van der Waals surface area contributed by atoms with Crippen molar-refractivity contribution < 1.29 is 9.13 Å². The average molecular weight is 361 g/mol. The van der Waals surface area contributed by atoms with Crippen LogP contribution in [0.25, 0.3) is 0 Å². The third-order valence-electron chi connectivity index (χ3n) is 4.15. The number of rotatable bonds is 8. The molecule has 1 heterocycles. The maximum atomic E-state index is 13.1. The third-order valence-corrected chi connectivity index (χ3v) is 4.15. The number of ether oxygens (including phenoxy) is 1. The van der Waals surface area contributed by atoms with Crippen molar-refractivity contribution >= 4 is 5.96 Å². The van der Waals surface area contributed by atoms with Gasteiger partial charge in [-0.15, -0.1) is 0 Å². The van der Waals surface area contributed by atoms with E-state index in [1.54, 1.807) is 26.3 Å². The van der Waals surface area contributed by atoms with Gasteiger partial charge in [0.05, 0.1) is 11.8 Å². The molecule has 0 bridgehead atoms. The molecule has 0 aliphatic rings. The molecule has 142 valence electrons. The van der Waals surface area contributed by atoms with Gasteiger partial charge >= 0.3 is 0 Å². The van der Waals surface area contributed by atoms with E-state index >= 15 is 0 Å². The minimum atomic E-state index is -0.253. The van der Waals surface area contributed by atoms with Crippen molar-refractivity contribution in [2.75, 3.05) is 27.2 Å². The highest BCUT2D eigenvalue weighted by Gasteiger charge is 2.11. The predicted molar refractivity (Wildman–Crippen MR) is 102 cm³/mol. The van der Waals surface area contributed by atoms with Gasteiger partial charge < -0.3 is 15.4 Å². The summed E-state index contributed by atoms with van der Waals surface area (Å²) in [5, 5.41) is 11.0. The lowest BCUT2D eigenvalue weighted by atomic mass is 10.1. The molecule has 0 saturated carbocycles. The first-order chi connectivity index (χ1) is 12.5. The monoisotopic (exact) mass is 361 g/mol. The molecular formula is C19H28FN5O. The highest BCUT2D eigenvalue weighted by atomic mass is 19.1. The Hall–Kier alpha value is -2.41. The molecule has 0 aliphatic carbocycles. The SMILES string of the molecule is CN=C(NCCCn1nc(C)cc1C)NCC(OC)c1ccc(F)cc1. The minimum absolute atomic E-state index is 0.177. The smallest absolute Gasteiger partial charge is 0.191 e. The Morgan fingerprint density at radius 3 is 2.58 bits per heavy atom. The number of halogens is 1. The number of benzene rings is 1. The van der Waals surface area contributed by atoms with Gasteiger partial charge in [0.2, 0.25) is 0 Å². The zero-order valence-electron chi connectivity index (χ0n) is 15.9. The van der Waals surface area contributed by atoms with Crippen LogP contribution in [0.4, 0.5) is 4.39 Å². The van der Waals surface area contributed by atoms with E-state index < -0.39 is 0 Å². The first-order valence-electron chi connectivity index (χ1n) is 8.77. The molecule has 2 rings (SSSR count). The van der Waals surface area contributed by atoms with Crippen molar-refractivity contribution in [1.82, 2.24) is 20.4 Å². The van der Waals surface area contributed by atoms with Crippen molar-refractivity contribution in [1.29, 1.82) is 0 Å². The molecule has 6 nitrogen and oxygen atoms in total. The van der Waals surface area contributed by atoms with Gasteiger partial charge in [-0.05, 0) is 44.0 Å². The summed E-state index contributed by atoms with van der Waals surface area (Å²) in [5.74, 6) is 0.458. The van der Waals surface area contributed by atoms with Crippen molar-refractivity contribution in [2.24, 2.45) is 4.99 Å². The van der Waals surface area contributed by atoms with Crippen LogP contribution >= 0.6 is 0 Å². The molecule has 2 N–H and O–H groups in total. The summed E-state index contributed by atoms with van der Waals surface area (Å²) in [6.45, 7) is 6.25. The first-order valence-corrected chi connectivity index (χ1v) is 8.77. The third kappa shape index (κ3) is 5.84. The molecule has 0 amide bonds. The van der Waals surface area contributed by atoms with Gasteiger partial charge in [-0.1, -0.05) is 12.1 Å². The second-order valence-electron chi connectivity index (χ2n) is 6.16. The van der Waals surface area contributed by atoms with Crippen LogP contribution in [0.1, 0.15) is 29.5 Å². The van der Waals surface area contributed by atoms with Crippen LogP contribution in [-0.4, -0.2) is 43.0 Å². The Labute approximate surface area is 154 Å². The van der Waals surface area contributed by atoms with E-state index in [-0.39, 0.29) is 11.9 Å². The molecule has 26 heavy (non-hydrogen) atoms. The van der Waals surface area contributed by atoms with Gasteiger partial charge in [-0.2, -0.15) is 5.10 Å². The minimum Gasteiger partial charge on any atom is -0.375 e. The van der Waals surface area contributed by atoms with Gasteiger partial charge in [0.25, 0.3) is 0 Å². The molecule has 1 atom stereocenters. The van der Waals surface area contributed by atoms with E-state index in [2.05, 4.69) is 33.7 Å². The second-order valence-corrected chi connectivity index (χ2v) is 6.16. The summed E-state index contributed by atoms with van der Waals surface area (Å²) in [5.41, 5.74) is 3.13. The van der Waals surface area contributed by atoms with Gasteiger partial charge in [-0.3, -0.25) is 9.67 Å². The van der Waals surface area contributed by atoms with Crippen LogP contribution in [-0.2, 0) is 11.3 Å². The Bertz CT molecular complexity index is 711. The predicted octanol–water partition coefficient (Wildman–Crippen LogP) is 2.58. The van der Waals surface area contributed by atoms with Crippen molar-refractivity contribution in [3.05, 3.63) is 53.1 Å². The van der Waals surface area contributed by atoms with Crippen LogP contribution in [0.5, 0.6) is 0 Å². The summed E-state index contributed by atoms with van der Waals surface area (Å²) < 4.78 is 20.6. The quantitative estimate of drug-likeness (QED) is 0.431. The summed E-state index contributed by atoms with van der Waals surface area (Å²) in [6.07, 6.45) is 0.762. The molecule has 0 fully saturated rings. The number of aromatic nitrogens is 2. The highest BCUT2D eigenvalue weighted by molar-refractivity contribution is 5.79. The van der Waals surface area contributed by atoms with Crippen LogP contribution in [0.15, 0.2) is 35.3 Å². The number of hydrogen-bond acceptors (Lipinski definition) is 3. The number of aryl methyl sites for hydroxylation is 3. The first kappa shape index (κ1) is 19.9. The molecule has 0 spiro atoms. The van der Waals surface area contributed by atoms with Crippen LogP contribution in [0.2, 0.25) is 0 Å². The van der Waals surface area contributed by atoms with E-state index in [0.717, 1.165) is 30.8 Å². The van der Waals surface area contributed by atoms with Crippen LogP contribution in [0, 0.1) is 19.7 Å². The number of hydrogen-bond donors (Lipinski definition) is 2. The molecule has 1 unspecified atom stereocenters. The van der Waals surface area contributed by atoms with Crippen LogP contribution < -0.4 is 10.6 Å². The Morgan fingerprint density at radius 1 is 1.27 bits per heavy atom. The standard InChI is InChI=1S/C19H28FN5O/c1-14-12-15(2)25(24-14)11-5-10-22-19(21-3)23-13-18(26-4)16-6-8-17(20)9-7-16/h6-9,12,18H,5,10-11,13H2,1-4H3,(H2,21,22,23). The van der Waals surface area contributed by atoms with Crippen molar-refractivity contribution in [2.45, 2.75) is 32.9 Å². The van der Waals surface area contributed by atoms with E-state index in [1.165, 1.54) is 17.8 Å². The molecule has 0 aliphatic heterocycles. The zero-order chi connectivity index (χ0) is 18.9. The molecule has 2 aromatic rings. The molecule has 1 aromatic carbocycles. The Kier molecular flexibility index (Phi) is 7.59. The summed E-state index contributed by atoms with van der Waals surface area (Å²) >= 11 is 0. The Morgan fingerprint density at radius 2 is 2.00 bits per heavy atom. The summed E-state index contributed by atoms with van der Waals surface area (Å²) in [6, 6.07) is 8.42. The molecular weight excluding hydrogens is 333 g/mol. The summed E-state index contributed by atoms with van der Waals surface area (Å²) in [7, 11) is 3.37. The number of guanidine groups is 1. The average Bonchev–Trinajstić information content (AvgIpc) is 2.95. The summed E-state index contributed by atoms with van der Waals surface area (Å²) in [4.78, 5) is 4.22. The maximum Gasteiger partial charge on any atom is 0.191 e. The fraction of sp³-hybridized carbons (Fsp3) is 0.474. The number of methoxy groups -OCH3 is 1. The molecule has 0 saturated heterocycles. The largest absolute Gasteiger partial charge is 0.375 e. The van der Waals surface area contributed by atoms with Gasteiger partial charge in [0, 0.05) is 39.5 Å². The topological polar surface area (TPSA) is 63.5 Å². The van der Waals surface area contributed by atoms with E-state index in [0.29, 0.717) is 12.5 Å². The lowest BCUT2D eigenvalue weighted by Gasteiger charge is -2.19. The van der Waals surface area contributed by atoms with Gasteiger partial charge in [0.1, 0.15) is 5.82 Å². The fourth-order valence-corrected chi connectivity index (χ4v) is 2.76. The number of aliphatic imine (C=N–C) groups is 1. The lowest BCUT2D eigenvalue weighted by Crippen LogP contribution is -2.40. The zero-order valence-corrected chi connectivity index (χ0v) is 15.9. The molecule has 0 radical (unpaired) electrons. The molecule has 7 heteroatoms. The highest BCUT2D eigenvalue weighted by Crippen LogP contribution is 2.16. The number of nitrogens with zero attached hydrogens (tertiary/aromatic N) is 3. The Balaban J connectivity index is 1.76. The maximum absolute atomic E-state index is 13.1. The van der Waals surface area contributed by atoms with Crippen molar-refractivity contribution in [3.63, 3.8) is 0 Å². The second kappa shape index (κ2) is 9.91. The normalized spacial score (nSPS) is 12.9. The fourth-order valence-electron chi connectivity index (χ4n) is 2.76. The number of nitrogens with one attached hydrogen (secondary N) is 2. The van der Waals surface area contributed by atoms with E-state index in [4.69, 9.17) is 4.74 Å². The van der Waals surface area contributed by atoms with Crippen LogP contribution in [0.3, 0.4) is 0 Å².